The molecule has 1 aromatic heterocycles. The van der Waals surface area contributed by atoms with Gasteiger partial charge in [0.25, 0.3) is 0 Å². The third-order valence-corrected chi connectivity index (χ3v) is 2.38. The van der Waals surface area contributed by atoms with E-state index in [-0.39, 0.29) is 0 Å². The largest absolute Gasteiger partial charge is 0.368 e. The molecule has 0 amide bonds. The molecule has 0 bridgehead atoms. The quantitative estimate of drug-likeness (QED) is 0.530. The van der Waals surface area contributed by atoms with Crippen molar-refractivity contribution in [1.29, 1.82) is 0 Å². The second kappa shape index (κ2) is 2.39. The first-order chi connectivity index (χ1) is 6.45. The predicted octanol–water partition coefficient (Wildman–Crippen LogP) is 0.326. The maximum atomic E-state index is 4.27. The molecule has 2 aliphatic rings. The van der Waals surface area contributed by atoms with Crippen LogP contribution < -0.4 is 16.0 Å². The zero-order valence-electron chi connectivity index (χ0n) is 7.09. The number of rotatable bonds is 0. The van der Waals surface area contributed by atoms with Gasteiger partial charge in [0.1, 0.15) is 5.82 Å². The molecule has 66 valence electrons. The summed E-state index contributed by atoms with van der Waals surface area (Å²) < 4.78 is 0. The highest BCUT2D eigenvalue weighted by Crippen LogP contribution is 2.27. The molecule has 13 heavy (non-hydrogen) atoms. The number of nitrogens with one attached hydrogen (secondary N) is 3. The van der Waals surface area contributed by atoms with Gasteiger partial charge in [-0.15, -0.1) is 0 Å². The fraction of sp³-hybridized carbons (Fsp3) is 0.222. The summed E-state index contributed by atoms with van der Waals surface area (Å²) in [5.41, 5.74) is 3.59. The average molecular weight is 174 g/mol. The average Bonchev–Trinajstić information content (AvgIpc) is 2.65. The van der Waals surface area contributed by atoms with Gasteiger partial charge in [-0.3, -0.25) is 0 Å². The fourth-order valence-electron chi connectivity index (χ4n) is 1.76. The van der Waals surface area contributed by atoms with Crippen LogP contribution >= 0.6 is 0 Å². The van der Waals surface area contributed by atoms with Gasteiger partial charge in [0, 0.05) is 11.8 Å². The van der Waals surface area contributed by atoms with Crippen LogP contribution in [0.3, 0.4) is 0 Å². The highest BCUT2D eigenvalue weighted by Gasteiger charge is 2.21. The Morgan fingerprint density at radius 2 is 2.23 bits per heavy atom. The van der Waals surface area contributed by atoms with Crippen molar-refractivity contribution >= 4 is 11.5 Å². The Kier molecular flexibility index (Phi) is 1.24. The molecular formula is C9H10N4. The second-order valence-electron chi connectivity index (χ2n) is 3.14. The van der Waals surface area contributed by atoms with Crippen molar-refractivity contribution in [3.8, 4) is 0 Å². The monoisotopic (exact) mass is 174 g/mol. The van der Waals surface area contributed by atoms with Gasteiger partial charge in [-0.2, -0.15) is 0 Å². The molecule has 0 aromatic carbocycles. The third kappa shape index (κ3) is 0.884. The number of aromatic nitrogens is 1. The zero-order valence-corrected chi connectivity index (χ0v) is 7.09. The summed E-state index contributed by atoms with van der Waals surface area (Å²) in [5.74, 6) is 0.970. The number of nitrogens with zero attached hydrogens (tertiary/aromatic N) is 1. The van der Waals surface area contributed by atoms with Crippen LogP contribution in [-0.2, 0) is 0 Å². The van der Waals surface area contributed by atoms with Crippen molar-refractivity contribution in [3.05, 3.63) is 29.6 Å². The van der Waals surface area contributed by atoms with Gasteiger partial charge in [-0.25, -0.2) is 4.98 Å². The molecule has 3 heterocycles. The van der Waals surface area contributed by atoms with Gasteiger partial charge >= 0.3 is 0 Å². The van der Waals surface area contributed by atoms with E-state index in [1.165, 1.54) is 11.4 Å². The van der Waals surface area contributed by atoms with Crippen LogP contribution in [0.25, 0.3) is 5.70 Å². The number of hydrogen-bond donors (Lipinski definition) is 3. The molecule has 0 atom stereocenters. The molecule has 4 nitrogen and oxygen atoms in total. The zero-order chi connectivity index (χ0) is 8.67. The summed E-state index contributed by atoms with van der Waals surface area (Å²) >= 11 is 0. The Morgan fingerprint density at radius 1 is 1.23 bits per heavy atom. The first-order valence-corrected chi connectivity index (χ1v) is 4.35. The molecule has 0 saturated carbocycles. The Labute approximate surface area is 76.1 Å². The molecule has 2 aliphatic heterocycles. The molecule has 4 heteroatoms. The molecule has 0 unspecified atom stereocenters. The van der Waals surface area contributed by atoms with Crippen LogP contribution in [0.15, 0.2) is 24.0 Å². The fourth-order valence-corrected chi connectivity index (χ4v) is 1.76. The highest BCUT2D eigenvalue weighted by atomic mass is 15.2. The summed E-state index contributed by atoms with van der Waals surface area (Å²) in [6.45, 7) is 1.66. The highest BCUT2D eigenvalue weighted by molar-refractivity contribution is 5.79. The minimum atomic E-state index is 0.820. The number of fused-ring (bicyclic) bond motifs is 2. The molecule has 3 rings (SSSR count). The van der Waals surface area contributed by atoms with E-state index in [4.69, 9.17) is 0 Å². The molecular weight excluding hydrogens is 164 g/mol. The van der Waals surface area contributed by atoms with Crippen LogP contribution in [-0.4, -0.2) is 18.2 Å². The lowest BCUT2D eigenvalue weighted by molar-refractivity contribution is 0.810. The summed E-state index contributed by atoms with van der Waals surface area (Å²) in [5, 5.41) is 9.84. The molecule has 0 radical (unpaired) electrons. The Bertz CT molecular complexity index is 383. The third-order valence-electron chi connectivity index (χ3n) is 2.38. The van der Waals surface area contributed by atoms with E-state index in [0.717, 1.165) is 24.6 Å². The van der Waals surface area contributed by atoms with E-state index in [0.29, 0.717) is 0 Å². The van der Waals surface area contributed by atoms with Gasteiger partial charge in [-0.05, 0) is 12.1 Å². The van der Waals surface area contributed by atoms with Crippen molar-refractivity contribution in [2.75, 3.05) is 18.5 Å². The number of hydrogen-bond acceptors (Lipinski definition) is 4. The molecule has 0 spiro atoms. The summed E-state index contributed by atoms with van der Waals surface area (Å²) in [6, 6.07) is 4.03. The summed E-state index contributed by atoms with van der Waals surface area (Å²) in [7, 11) is 0. The van der Waals surface area contributed by atoms with Gasteiger partial charge in [0.05, 0.1) is 24.6 Å². The minimum Gasteiger partial charge on any atom is -0.368 e. The van der Waals surface area contributed by atoms with E-state index < -0.39 is 0 Å². The normalized spacial score (nSPS) is 18.2. The van der Waals surface area contributed by atoms with Crippen LogP contribution in [0.5, 0.6) is 0 Å². The van der Waals surface area contributed by atoms with Crippen molar-refractivity contribution in [2.24, 2.45) is 0 Å². The lowest BCUT2D eigenvalue weighted by Gasteiger charge is -2.18. The number of pyridine rings is 1. The Morgan fingerprint density at radius 3 is 3.23 bits per heavy atom. The minimum absolute atomic E-state index is 0.820. The topological polar surface area (TPSA) is 49.0 Å². The molecule has 0 saturated heterocycles. The maximum Gasteiger partial charge on any atom is 0.135 e. The molecule has 3 N–H and O–H groups in total. The van der Waals surface area contributed by atoms with Crippen molar-refractivity contribution in [1.82, 2.24) is 15.6 Å². The van der Waals surface area contributed by atoms with Crippen molar-refractivity contribution in [3.63, 3.8) is 0 Å². The molecule has 0 aliphatic carbocycles. The first kappa shape index (κ1) is 6.77. The Balaban J connectivity index is 2.18. The van der Waals surface area contributed by atoms with E-state index in [9.17, 15) is 0 Å². The summed E-state index contributed by atoms with van der Waals surface area (Å²) in [4.78, 5) is 4.27. The Hall–Kier alpha value is -1.71. The van der Waals surface area contributed by atoms with Gasteiger partial charge in [-0.1, -0.05) is 0 Å². The van der Waals surface area contributed by atoms with E-state index in [1.807, 2.05) is 6.07 Å². The van der Waals surface area contributed by atoms with E-state index in [1.54, 1.807) is 6.20 Å². The predicted molar refractivity (Wildman–Crippen MR) is 50.8 cm³/mol. The SMILES string of the molecule is c1cnc2c(c1)C1=C(CN2)NCN1. The maximum absolute atomic E-state index is 4.27. The van der Waals surface area contributed by atoms with E-state index in [2.05, 4.69) is 27.0 Å². The lowest BCUT2D eigenvalue weighted by Crippen LogP contribution is -2.19. The van der Waals surface area contributed by atoms with Gasteiger partial charge in [0.15, 0.2) is 0 Å². The van der Waals surface area contributed by atoms with Gasteiger partial charge < -0.3 is 16.0 Å². The lowest BCUT2D eigenvalue weighted by atomic mass is 10.1. The van der Waals surface area contributed by atoms with Crippen LogP contribution in [0.1, 0.15) is 5.56 Å². The van der Waals surface area contributed by atoms with Crippen molar-refractivity contribution in [2.45, 2.75) is 0 Å². The van der Waals surface area contributed by atoms with Crippen LogP contribution in [0, 0.1) is 0 Å². The number of anilines is 1. The first-order valence-electron chi connectivity index (χ1n) is 4.35. The van der Waals surface area contributed by atoms with Crippen molar-refractivity contribution < 1.29 is 0 Å². The van der Waals surface area contributed by atoms with Crippen LogP contribution in [0.4, 0.5) is 5.82 Å². The molecule has 1 aromatic rings. The smallest absolute Gasteiger partial charge is 0.135 e. The van der Waals surface area contributed by atoms with E-state index >= 15 is 0 Å². The van der Waals surface area contributed by atoms with Gasteiger partial charge in [0.2, 0.25) is 0 Å². The summed E-state index contributed by atoms with van der Waals surface area (Å²) in [6.07, 6.45) is 1.81. The molecule has 0 fully saturated rings. The standard InChI is InChI=1S/C9H10N4/c1-2-6-8-7(12-5-13-8)4-11-9(6)10-3-1/h1-3,12-13H,4-5H2,(H,10,11). The second-order valence-corrected chi connectivity index (χ2v) is 3.14. The van der Waals surface area contributed by atoms with Crippen LogP contribution in [0.2, 0.25) is 0 Å².